The molecule has 2 amide bonds. The highest BCUT2D eigenvalue weighted by atomic mass is 79.9. The Balaban J connectivity index is 1.55. The summed E-state index contributed by atoms with van der Waals surface area (Å²) in [5.41, 5.74) is 2.21. The summed E-state index contributed by atoms with van der Waals surface area (Å²) >= 11 is 3.34. The molecular formula is C22H19BrN4O3. The second kappa shape index (κ2) is 8.23. The number of carbonyl (C=O) groups is 2. The number of hydrogen-bond acceptors (Lipinski definition) is 4. The van der Waals surface area contributed by atoms with Crippen LogP contribution in [0.15, 0.2) is 69.9 Å². The van der Waals surface area contributed by atoms with Crippen LogP contribution in [0.4, 0.5) is 11.4 Å². The van der Waals surface area contributed by atoms with Gasteiger partial charge in [0, 0.05) is 28.0 Å². The molecule has 1 aromatic heterocycles. The van der Waals surface area contributed by atoms with Crippen molar-refractivity contribution in [3.63, 3.8) is 0 Å². The topological polar surface area (TPSA) is 84.3 Å². The van der Waals surface area contributed by atoms with Crippen molar-refractivity contribution in [2.75, 3.05) is 10.2 Å². The van der Waals surface area contributed by atoms with Gasteiger partial charge in [-0.1, -0.05) is 40.2 Å². The Hall–Kier alpha value is -3.26. The number of anilines is 2. The number of benzene rings is 2. The summed E-state index contributed by atoms with van der Waals surface area (Å²) in [4.78, 5) is 39.4. The van der Waals surface area contributed by atoms with Crippen molar-refractivity contribution < 1.29 is 9.59 Å². The maximum Gasteiger partial charge on any atom is 0.278 e. The SMILES string of the molecule is C[C@@H]1Cc2ccccc2N1C(=O)c1ccc(=O)n(CC(=O)Nc2cccc(Br)c2)n1. The van der Waals surface area contributed by atoms with Gasteiger partial charge in [0.1, 0.15) is 12.2 Å². The largest absolute Gasteiger partial charge is 0.324 e. The molecule has 0 aliphatic carbocycles. The zero-order valence-corrected chi connectivity index (χ0v) is 17.8. The maximum atomic E-state index is 13.1. The van der Waals surface area contributed by atoms with E-state index in [0.29, 0.717) is 5.69 Å². The van der Waals surface area contributed by atoms with Crippen molar-refractivity contribution >= 4 is 39.1 Å². The predicted molar refractivity (Wildman–Crippen MR) is 118 cm³/mol. The van der Waals surface area contributed by atoms with E-state index >= 15 is 0 Å². The van der Waals surface area contributed by atoms with E-state index in [-0.39, 0.29) is 24.2 Å². The monoisotopic (exact) mass is 466 g/mol. The van der Waals surface area contributed by atoms with Crippen molar-refractivity contribution in [3.05, 3.63) is 86.7 Å². The van der Waals surface area contributed by atoms with Crippen molar-refractivity contribution in [2.24, 2.45) is 0 Å². The van der Waals surface area contributed by atoms with E-state index in [1.165, 1.54) is 12.1 Å². The fourth-order valence-corrected chi connectivity index (χ4v) is 3.98. The van der Waals surface area contributed by atoms with Gasteiger partial charge in [0.15, 0.2) is 0 Å². The lowest BCUT2D eigenvalue weighted by Gasteiger charge is -2.22. The molecule has 0 radical (unpaired) electrons. The minimum absolute atomic E-state index is 0.0168. The highest BCUT2D eigenvalue weighted by Gasteiger charge is 2.32. The second-order valence-electron chi connectivity index (χ2n) is 7.13. The third-order valence-corrected chi connectivity index (χ3v) is 5.41. The maximum absolute atomic E-state index is 13.1. The highest BCUT2D eigenvalue weighted by molar-refractivity contribution is 9.10. The smallest absolute Gasteiger partial charge is 0.278 e. The van der Waals surface area contributed by atoms with Crippen LogP contribution >= 0.6 is 15.9 Å². The van der Waals surface area contributed by atoms with Crippen LogP contribution < -0.4 is 15.8 Å². The van der Waals surface area contributed by atoms with Gasteiger partial charge in [-0.25, -0.2) is 4.68 Å². The van der Waals surface area contributed by atoms with E-state index in [9.17, 15) is 14.4 Å². The van der Waals surface area contributed by atoms with Crippen LogP contribution in [-0.4, -0.2) is 27.6 Å². The number of nitrogens with one attached hydrogen (secondary N) is 1. The lowest BCUT2D eigenvalue weighted by atomic mass is 10.1. The van der Waals surface area contributed by atoms with Crippen LogP contribution in [0.25, 0.3) is 0 Å². The van der Waals surface area contributed by atoms with E-state index in [2.05, 4.69) is 26.3 Å². The van der Waals surface area contributed by atoms with Crippen molar-refractivity contribution in [1.82, 2.24) is 9.78 Å². The highest BCUT2D eigenvalue weighted by Crippen LogP contribution is 2.32. The zero-order chi connectivity index (χ0) is 21.3. The van der Waals surface area contributed by atoms with Gasteiger partial charge >= 0.3 is 0 Å². The van der Waals surface area contributed by atoms with Crippen LogP contribution in [0.3, 0.4) is 0 Å². The molecule has 152 valence electrons. The van der Waals surface area contributed by atoms with Gasteiger partial charge in [-0.3, -0.25) is 14.4 Å². The Morgan fingerprint density at radius 2 is 1.93 bits per heavy atom. The van der Waals surface area contributed by atoms with E-state index in [4.69, 9.17) is 0 Å². The summed E-state index contributed by atoms with van der Waals surface area (Å²) in [7, 11) is 0. The number of amides is 2. The molecule has 4 rings (SSSR count). The standard InChI is InChI=1S/C22H19BrN4O3/c1-14-11-15-5-2-3-8-19(15)27(14)22(30)18-9-10-21(29)26(25-18)13-20(28)24-17-7-4-6-16(23)12-17/h2-10,12,14H,11,13H2,1H3,(H,24,28)/t14-/m1/s1. The third kappa shape index (κ3) is 4.04. The van der Waals surface area contributed by atoms with Gasteiger partial charge < -0.3 is 10.2 Å². The van der Waals surface area contributed by atoms with Crippen LogP contribution in [0.2, 0.25) is 0 Å². The minimum atomic E-state index is -0.453. The molecule has 0 fully saturated rings. The first-order chi connectivity index (χ1) is 14.4. The Bertz CT molecular complexity index is 1190. The second-order valence-corrected chi connectivity index (χ2v) is 8.05. The van der Waals surface area contributed by atoms with Crippen molar-refractivity contribution in [3.8, 4) is 0 Å². The average molecular weight is 467 g/mol. The van der Waals surface area contributed by atoms with Gasteiger partial charge in [0.2, 0.25) is 5.91 Å². The molecule has 30 heavy (non-hydrogen) atoms. The normalized spacial score (nSPS) is 15.0. The fraction of sp³-hybridized carbons (Fsp3) is 0.182. The van der Waals surface area contributed by atoms with Gasteiger partial charge in [0.05, 0.1) is 0 Å². The van der Waals surface area contributed by atoms with Crippen LogP contribution in [0, 0.1) is 0 Å². The molecule has 0 unspecified atom stereocenters. The first kappa shape index (κ1) is 20.0. The molecule has 8 heteroatoms. The number of aromatic nitrogens is 2. The van der Waals surface area contributed by atoms with Crippen LogP contribution in [-0.2, 0) is 17.8 Å². The lowest BCUT2D eigenvalue weighted by Crippen LogP contribution is -2.38. The Labute approximate surface area is 181 Å². The summed E-state index contributed by atoms with van der Waals surface area (Å²) < 4.78 is 1.83. The number of fused-ring (bicyclic) bond motifs is 1. The van der Waals surface area contributed by atoms with Crippen LogP contribution in [0.1, 0.15) is 23.0 Å². The third-order valence-electron chi connectivity index (χ3n) is 4.91. The molecule has 0 spiro atoms. The molecular weight excluding hydrogens is 448 g/mol. The first-order valence-electron chi connectivity index (χ1n) is 9.47. The number of nitrogens with zero attached hydrogens (tertiary/aromatic N) is 3. The molecule has 3 aromatic rings. The molecule has 0 bridgehead atoms. The van der Waals surface area contributed by atoms with Gasteiger partial charge in [0.25, 0.3) is 11.5 Å². The quantitative estimate of drug-likeness (QED) is 0.639. The molecule has 1 atom stereocenters. The molecule has 1 aliphatic heterocycles. The number of halogens is 1. The molecule has 7 nitrogen and oxygen atoms in total. The summed E-state index contributed by atoms with van der Waals surface area (Å²) in [5.74, 6) is -0.708. The number of rotatable bonds is 4. The van der Waals surface area contributed by atoms with E-state index in [0.717, 1.165) is 26.8 Å². The van der Waals surface area contributed by atoms with Crippen molar-refractivity contribution in [2.45, 2.75) is 25.9 Å². The van der Waals surface area contributed by atoms with Gasteiger partial charge in [-0.15, -0.1) is 0 Å². The van der Waals surface area contributed by atoms with E-state index in [1.54, 1.807) is 23.1 Å². The van der Waals surface area contributed by atoms with Crippen molar-refractivity contribution in [1.29, 1.82) is 0 Å². The first-order valence-corrected chi connectivity index (χ1v) is 10.3. The molecule has 0 saturated heterocycles. The molecule has 1 N–H and O–H groups in total. The molecule has 0 saturated carbocycles. The zero-order valence-electron chi connectivity index (χ0n) is 16.2. The molecule has 2 aromatic carbocycles. The summed E-state index contributed by atoms with van der Waals surface area (Å²) in [6, 6.07) is 17.5. The number of carbonyl (C=O) groups excluding carboxylic acids is 2. The summed E-state index contributed by atoms with van der Waals surface area (Å²) in [6.07, 6.45) is 0.761. The lowest BCUT2D eigenvalue weighted by molar-refractivity contribution is -0.117. The summed E-state index contributed by atoms with van der Waals surface area (Å²) in [6.45, 7) is 1.68. The van der Waals surface area contributed by atoms with E-state index < -0.39 is 11.5 Å². The minimum Gasteiger partial charge on any atom is -0.324 e. The van der Waals surface area contributed by atoms with E-state index in [1.807, 2.05) is 37.3 Å². The Morgan fingerprint density at radius 1 is 1.13 bits per heavy atom. The molecule has 1 aliphatic rings. The van der Waals surface area contributed by atoms with Crippen LogP contribution in [0.5, 0.6) is 0 Å². The number of hydrogen-bond donors (Lipinski definition) is 1. The van der Waals surface area contributed by atoms with Gasteiger partial charge in [-0.2, -0.15) is 5.10 Å². The fourth-order valence-electron chi connectivity index (χ4n) is 3.58. The summed E-state index contributed by atoms with van der Waals surface area (Å²) in [5, 5.41) is 6.88. The Kier molecular flexibility index (Phi) is 5.50. The molecule has 2 heterocycles. The predicted octanol–water partition coefficient (Wildman–Crippen LogP) is 3.24. The van der Waals surface area contributed by atoms with Gasteiger partial charge in [-0.05, 0) is 49.2 Å². The number of para-hydroxylation sites is 1. The average Bonchev–Trinajstić information content (AvgIpc) is 3.04. The Morgan fingerprint density at radius 3 is 2.73 bits per heavy atom.